The first-order chi connectivity index (χ1) is 14.5. The van der Waals surface area contributed by atoms with E-state index in [1.54, 1.807) is 25.4 Å². The zero-order valence-corrected chi connectivity index (χ0v) is 17.4. The fraction of sp³-hybridized carbons (Fsp3) is 0.333. The highest BCUT2D eigenvalue weighted by molar-refractivity contribution is 6.14. The molecule has 1 aliphatic carbocycles. The zero-order valence-electron chi connectivity index (χ0n) is 17.4. The summed E-state index contributed by atoms with van der Waals surface area (Å²) in [5, 5.41) is 2.87. The third-order valence-corrected chi connectivity index (χ3v) is 5.78. The van der Waals surface area contributed by atoms with E-state index in [9.17, 15) is 9.59 Å². The monoisotopic (exact) mass is 403 g/mol. The molecular weight excluding hydrogens is 378 g/mol. The molecule has 1 aromatic carbocycles. The summed E-state index contributed by atoms with van der Waals surface area (Å²) in [6, 6.07) is 12.9. The molecule has 154 valence electrons. The number of nitrogens with zero attached hydrogens (tertiary/aromatic N) is 2. The van der Waals surface area contributed by atoms with Crippen molar-refractivity contribution in [2.24, 2.45) is 16.8 Å². The molecule has 1 saturated carbocycles. The average molecular weight is 403 g/mol. The Balaban J connectivity index is 1.79. The molecule has 1 aromatic heterocycles. The summed E-state index contributed by atoms with van der Waals surface area (Å²) in [5.74, 6) is 0.530. The van der Waals surface area contributed by atoms with Crippen molar-refractivity contribution >= 4 is 23.2 Å². The highest BCUT2D eigenvalue weighted by Gasteiger charge is 2.44. The fourth-order valence-corrected chi connectivity index (χ4v) is 4.47. The van der Waals surface area contributed by atoms with Crippen molar-refractivity contribution in [1.82, 2.24) is 4.98 Å². The number of rotatable bonds is 4. The number of benzene rings is 1. The number of ketones is 1. The maximum Gasteiger partial charge on any atom is 0.255 e. The van der Waals surface area contributed by atoms with Crippen LogP contribution in [0.4, 0.5) is 5.82 Å². The van der Waals surface area contributed by atoms with Gasteiger partial charge in [0.15, 0.2) is 0 Å². The van der Waals surface area contributed by atoms with Crippen molar-refractivity contribution < 1.29 is 14.3 Å². The molecule has 1 amide bonds. The van der Waals surface area contributed by atoms with Crippen molar-refractivity contribution in [2.75, 3.05) is 12.4 Å². The molecule has 3 atom stereocenters. The molecule has 1 fully saturated rings. The van der Waals surface area contributed by atoms with E-state index >= 15 is 0 Å². The SMILES string of the molecule is COc1ccc([C@@H]2C(C(=O)Nc3ccccn3)=C(C)N=C3C[C@H](C)CC(=O)C32)cc1. The van der Waals surface area contributed by atoms with Crippen LogP contribution < -0.4 is 10.1 Å². The number of carbonyl (C=O) groups excluding carboxylic acids is 2. The van der Waals surface area contributed by atoms with Gasteiger partial charge in [-0.1, -0.05) is 25.1 Å². The molecule has 0 radical (unpaired) electrons. The number of ether oxygens (including phenoxy) is 1. The van der Waals surface area contributed by atoms with Gasteiger partial charge < -0.3 is 10.1 Å². The topological polar surface area (TPSA) is 80.7 Å². The molecule has 2 aliphatic rings. The Morgan fingerprint density at radius 3 is 2.53 bits per heavy atom. The number of methoxy groups -OCH3 is 1. The summed E-state index contributed by atoms with van der Waals surface area (Å²) >= 11 is 0. The molecule has 1 aliphatic heterocycles. The Morgan fingerprint density at radius 1 is 1.10 bits per heavy atom. The van der Waals surface area contributed by atoms with Crippen LogP contribution in [0.5, 0.6) is 5.75 Å². The number of amides is 1. The summed E-state index contributed by atoms with van der Waals surface area (Å²) < 4.78 is 5.28. The van der Waals surface area contributed by atoms with Gasteiger partial charge in [0, 0.05) is 35.5 Å². The van der Waals surface area contributed by atoms with E-state index in [2.05, 4.69) is 17.2 Å². The first kappa shape index (κ1) is 20.0. The van der Waals surface area contributed by atoms with E-state index in [0.29, 0.717) is 23.5 Å². The number of aliphatic imine (C=N–C) groups is 1. The van der Waals surface area contributed by atoms with E-state index in [-0.39, 0.29) is 23.5 Å². The molecule has 30 heavy (non-hydrogen) atoms. The van der Waals surface area contributed by atoms with Crippen LogP contribution in [0.15, 0.2) is 64.9 Å². The van der Waals surface area contributed by atoms with Gasteiger partial charge in [0.05, 0.1) is 13.0 Å². The van der Waals surface area contributed by atoms with E-state index in [1.807, 2.05) is 37.3 Å². The summed E-state index contributed by atoms with van der Waals surface area (Å²) in [4.78, 5) is 35.3. The number of hydrogen-bond donors (Lipinski definition) is 1. The molecule has 0 bridgehead atoms. The third kappa shape index (κ3) is 3.77. The van der Waals surface area contributed by atoms with Crippen molar-refractivity contribution in [2.45, 2.75) is 32.6 Å². The Labute approximate surface area is 176 Å². The Kier molecular flexibility index (Phi) is 5.48. The number of allylic oxidation sites excluding steroid dienone is 1. The Hall–Kier alpha value is -3.28. The van der Waals surface area contributed by atoms with Gasteiger partial charge in [0.2, 0.25) is 0 Å². The van der Waals surface area contributed by atoms with Gasteiger partial charge in [0.25, 0.3) is 5.91 Å². The van der Waals surface area contributed by atoms with Gasteiger partial charge in [-0.15, -0.1) is 0 Å². The van der Waals surface area contributed by atoms with E-state index in [1.165, 1.54) is 0 Å². The zero-order chi connectivity index (χ0) is 21.3. The molecule has 2 heterocycles. The van der Waals surface area contributed by atoms with Crippen molar-refractivity contribution in [1.29, 1.82) is 0 Å². The van der Waals surface area contributed by atoms with Gasteiger partial charge >= 0.3 is 0 Å². The molecule has 1 unspecified atom stereocenters. The number of aromatic nitrogens is 1. The largest absolute Gasteiger partial charge is 0.497 e. The van der Waals surface area contributed by atoms with Gasteiger partial charge in [-0.25, -0.2) is 4.98 Å². The second-order valence-corrected chi connectivity index (χ2v) is 7.98. The summed E-state index contributed by atoms with van der Waals surface area (Å²) in [5.41, 5.74) is 2.95. The molecule has 6 heteroatoms. The van der Waals surface area contributed by atoms with Gasteiger partial charge in [-0.05, 0) is 49.1 Å². The Bertz CT molecular complexity index is 1030. The molecule has 2 aromatic rings. The molecule has 0 saturated heterocycles. The van der Waals surface area contributed by atoms with Crippen LogP contribution in [-0.2, 0) is 9.59 Å². The van der Waals surface area contributed by atoms with Gasteiger partial charge in [-0.3, -0.25) is 14.6 Å². The molecule has 1 N–H and O–H groups in total. The number of Topliss-reactive ketones (excluding diaryl/α,β-unsaturated/α-hetero) is 1. The molecule has 4 rings (SSSR count). The second kappa shape index (κ2) is 8.22. The maximum absolute atomic E-state index is 13.3. The molecule has 0 spiro atoms. The smallest absolute Gasteiger partial charge is 0.255 e. The summed E-state index contributed by atoms with van der Waals surface area (Å²) in [6.45, 7) is 3.91. The van der Waals surface area contributed by atoms with Crippen LogP contribution >= 0.6 is 0 Å². The standard InChI is InChI=1S/C24H25N3O3/c1-14-12-18-23(19(28)13-14)22(16-7-9-17(30-3)10-8-16)21(15(2)26-18)24(29)27-20-6-4-5-11-25-20/h4-11,14,22-23H,12-13H2,1-3H3,(H,25,27,29)/t14-,22+,23?/m0/s1. The average Bonchev–Trinajstić information content (AvgIpc) is 2.73. The third-order valence-electron chi connectivity index (χ3n) is 5.78. The predicted molar refractivity (Wildman–Crippen MR) is 116 cm³/mol. The van der Waals surface area contributed by atoms with E-state index in [0.717, 1.165) is 23.4 Å². The Morgan fingerprint density at radius 2 is 1.87 bits per heavy atom. The van der Waals surface area contributed by atoms with Crippen LogP contribution in [0.25, 0.3) is 0 Å². The van der Waals surface area contributed by atoms with Crippen LogP contribution in [0.3, 0.4) is 0 Å². The van der Waals surface area contributed by atoms with E-state index in [4.69, 9.17) is 9.73 Å². The lowest BCUT2D eigenvalue weighted by Crippen LogP contribution is -2.41. The summed E-state index contributed by atoms with van der Waals surface area (Å²) in [7, 11) is 1.61. The van der Waals surface area contributed by atoms with Crippen molar-refractivity contribution in [3.63, 3.8) is 0 Å². The number of nitrogens with one attached hydrogen (secondary N) is 1. The van der Waals surface area contributed by atoms with E-state index < -0.39 is 5.92 Å². The lowest BCUT2D eigenvalue weighted by Gasteiger charge is -2.37. The van der Waals surface area contributed by atoms with Crippen LogP contribution in [0, 0.1) is 11.8 Å². The van der Waals surface area contributed by atoms with Crippen LogP contribution in [-0.4, -0.2) is 29.5 Å². The molecular formula is C24H25N3O3. The van der Waals surface area contributed by atoms with Crippen molar-refractivity contribution in [3.8, 4) is 5.75 Å². The number of anilines is 1. The summed E-state index contributed by atoms with van der Waals surface area (Å²) in [6.07, 6.45) is 2.90. The second-order valence-electron chi connectivity index (χ2n) is 7.98. The number of hydrogen-bond acceptors (Lipinski definition) is 5. The first-order valence-electron chi connectivity index (χ1n) is 10.1. The minimum absolute atomic E-state index is 0.143. The van der Waals surface area contributed by atoms with Gasteiger partial charge in [-0.2, -0.15) is 0 Å². The van der Waals surface area contributed by atoms with Gasteiger partial charge in [0.1, 0.15) is 17.4 Å². The van der Waals surface area contributed by atoms with Crippen LogP contribution in [0.2, 0.25) is 0 Å². The van der Waals surface area contributed by atoms with Crippen LogP contribution in [0.1, 0.15) is 38.2 Å². The minimum Gasteiger partial charge on any atom is -0.497 e. The first-order valence-corrected chi connectivity index (χ1v) is 10.1. The highest BCUT2D eigenvalue weighted by atomic mass is 16.5. The maximum atomic E-state index is 13.3. The lowest BCUT2D eigenvalue weighted by atomic mass is 9.67. The molecule has 6 nitrogen and oxygen atoms in total. The number of pyridine rings is 1. The van der Waals surface area contributed by atoms with Crippen molar-refractivity contribution in [3.05, 3.63) is 65.5 Å². The predicted octanol–water partition coefficient (Wildman–Crippen LogP) is 4.16. The normalized spacial score (nSPS) is 23.5. The highest BCUT2D eigenvalue weighted by Crippen LogP contribution is 2.44. The minimum atomic E-state index is -0.414. The fourth-order valence-electron chi connectivity index (χ4n) is 4.47. The number of carbonyl (C=O) groups is 2. The quantitative estimate of drug-likeness (QED) is 0.831. The number of fused-ring (bicyclic) bond motifs is 1. The lowest BCUT2D eigenvalue weighted by molar-refractivity contribution is -0.123.